The molecule has 0 aliphatic rings. The van der Waals surface area contributed by atoms with Crippen LogP contribution < -0.4 is 5.32 Å². The van der Waals surface area contributed by atoms with E-state index in [0.29, 0.717) is 11.7 Å². The normalized spacial score (nSPS) is 12.7. The first-order valence-corrected chi connectivity index (χ1v) is 7.35. The molecule has 0 radical (unpaired) electrons. The van der Waals surface area contributed by atoms with E-state index >= 15 is 0 Å². The SMILES string of the molecule is CC(C)(C)OC(=O)NC(c1ccccc1)c1noc(CCl)n1. The molecule has 0 aliphatic carbocycles. The maximum atomic E-state index is 12.0. The second-order valence-electron chi connectivity index (χ2n) is 5.67. The number of hydrogen-bond acceptors (Lipinski definition) is 5. The number of benzene rings is 1. The molecule has 0 saturated heterocycles. The monoisotopic (exact) mass is 323 g/mol. The molecule has 22 heavy (non-hydrogen) atoms. The van der Waals surface area contributed by atoms with Gasteiger partial charge in [0.1, 0.15) is 17.5 Å². The third-order valence-corrected chi connectivity index (χ3v) is 2.88. The highest BCUT2D eigenvalue weighted by atomic mass is 35.5. The Morgan fingerprint density at radius 3 is 2.59 bits per heavy atom. The van der Waals surface area contributed by atoms with Crippen LogP contribution in [0.4, 0.5) is 4.79 Å². The molecule has 0 aliphatic heterocycles. The molecule has 0 spiro atoms. The van der Waals surface area contributed by atoms with Crippen molar-refractivity contribution in [3.63, 3.8) is 0 Å². The molecule has 1 unspecified atom stereocenters. The zero-order valence-corrected chi connectivity index (χ0v) is 13.4. The fourth-order valence-corrected chi connectivity index (χ4v) is 1.92. The van der Waals surface area contributed by atoms with Crippen LogP contribution in [0.25, 0.3) is 0 Å². The zero-order chi connectivity index (χ0) is 16.2. The number of aromatic nitrogens is 2. The Kier molecular flexibility index (Phi) is 5.03. The van der Waals surface area contributed by atoms with Gasteiger partial charge in [0.05, 0.1) is 0 Å². The molecule has 2 aromatic rings. The van der Waals surface area contributed by atoms with E-state index in [1.165, 1.54) is 0 Å². The van der Waals surface area contributed by atoms with Crippen molar-refractivity contribution in [2.24, 2.45) is 0 Å². The number of carbonyl (C=O) groups excluding carboxylic acids is 1. The smallest absolute Gasteiger partial charge is 0.408 e. The molecule has 1 heterocycles. The van der Waals surface area contributed by atoms with Gasteiger partial charge in [0, 0.05) is 0 Å². The van der Waals surface area contributed by atoms with Crippen LogP contribution >= 0.6 is 11.6 Å². The molecule has 0 fully saturated rings. The molecule has 0 saturated carbocycles. The van der Waals surface area contributed by atoms with Gasteiger partial charge < -0.3 is 14.6 Å². The minimum atomic E-state index is -0.593. The number of halogens is 1. The van der Waals surface area contributed by atoms with E-state index < -0.39 is 17.7 Å². The number of amides is 1. The summed E-state index contributed by atoms with van der Waals surface area (Å²) in [5.41, 5.74) is 0.222. The Balaban J connectivity index is 2.24. The number of nitrogens with one attached hydrogen (secondary N) is 1. The first-order valence-electron chi connectivity index (χ1n) is 6.82. The summed E-state index contributed by atoms with van der Waals surface area (Å²) in [5, 5.41) is 6.63. The van der Waals surface area contributed by atoms with Crippen molar-refractivity contribution >= 4 is 17.7 Å². The highest BCUT2D eigenvalue weighted by Gasteiger charge is 2.25. The van der Waals surface area contributed by atoms with E-state index in [2.05, 4.69) is 15.5 Å². The lowest BCUT2D eigenvalue weighted by Gasteiger charge is -2.22. The Morgan fingerprint density at radius 2 is 2.05 bits per heavy atom. The highest BCUT2D eigenvalue weighted by Crippen LogP contribution is 2.20. The van der Waals surface area contributed by atoms with Crippen molar-refractivity contribution in [1.82, 2.24) is 15.5 Å². The molecule has 1 atom stereocenters. The highest BCUT2D eigenvalue weighted by molar-refractivity contribution is 6.16. The average Bonchev–Trinajstić information content (AvgIpc) is 2.92. The van der Waals surface area contributed by atoms with Crippen molar-refractivity contribution in [1.29, 1.82) is 0 Å². The van der Waals surface area contributed by atoms with E-state index in [9.17, 15) is 4.79 Å². The van der Waals surface area contributed by atoms with Gasteiger partial charge in [-0.3, -0.25) is 0 Å². The van der Waals surface area contributed by atoms with Crippen LogP contribution in [0, 0.1) is 0 Å². The fourth-order valence-electron chi connectivity index (χ4n) is 1.81. The molecule has 1 N–H and O–H groups in total. The number of hydrogen-bond donors (Lipinski definition) is 1. The largest absolute Gasteiger partial charge is 0.444 e. The standard InChI is InChI=1S/C15H18ClN3O3/c1-15(2,3)21-14(20)18-12(10-7-5-4-6-8-10)13-17-11(9-16)22-19-13/h4-8,12H,9H2,1-3H3,(H,18,20). The summed E-state index contributed by atoms with van der Waals surface area (Å²) in [6.07, 6.45) is -0.557. The van der Waals surface area contributed by atoms with E-state index in [4.69, 9.17) is 20.9 Å². The third kappa shape index (κ3) is 4.46. The van der Waals surface area contributed by atoms with Gasteiger partial charge >= 0.3 is 6.09 Å². The minimum absolute atomic E-state index is 0.112. The molecule has 0 bridgehead atoms. The van der Waals surface area contributed by atoms with Gasteiger partial charge in [-0.15, -0.1) is 11.6 Å². The number of alkyl carbamates (subject to hydrolysis) is 1. The Hall–Kier alpha value is -2.08. The van der Waals surface area contributed by atoms with E-state index in [1.54, 1.807) is 20.8 Å². The summed E-state index contributed by atoms with van der Waals surface area (Å²) in [7, 11) is 0. The molecule has 1 amide bonds. The van der Waals surface area contributed by atoms with E-state index in [-0.39, 0.29) is 5.88 Å². The minimum Gasteiger partial charge on any atom is -0.444 e. The van der Waals surface area contributed by atoms with E-state index in [0.717, 1.165) is 5.56 Å². The lowest BCUT2D eigenvalue weighted by Crippen LogP contribution is -2.35. The van der Waals surface area contributed by atoms with Crippen molar-refractivity contribution in [2.75, 3.05) is 0 Å². The van der Waals surface area contributed by atoms with Crippen LogP contribution in [0.1, 0.15) is 44.1 Å². The molecule has 1 aromatic carbocycles. The van der Waals surface area contributed by atoms with Crippen LogP contribution in [-0.4, -0.2) is 21.8 Å². The van der Waals surface area contributed by atoms with Crippen LogP contribution in [0.15, 0.2) is 34.9 Å². The average molecular weight is 324 g/mol. The predicted molar refractivity (Wildman–Crippen MR) is 81.5 cm³/mol. The third-order valence-electron chi connectivity index (χ3n) is 2.65. The molecule has 7 heteroatoms. The lowest BCUT2D eigenvalue weighted by molar-refractivity contribution is 0.0510. The Labute approximate surface area is 133 Å². The summed E-state index contributed by atoms with van der Waals surface area (Å²) in [6.45, 7) is 5.39. The maximum Gasteiger partial charge on any atom is 0.408 e. The first kappa shape index (κ1) is 16.3. The van der Waals surface area contributed by atoms with Crippen molar-refractivity contribution in [2.45, 2.75) is 38.3 Å². The quantitative estimate of drug-likeness (QED) is 0.872. The van der Waals surface area contributed by atoms with Gasteiger partial charge in [0.25, 0.3) is 0 Å². The summed E-state index contributed by atoms with van der Waals surface area (Å²) in [4.78, 5) is 16.2. The van der Waals surface area contributed by atoms with Crippen LogP contribution in [-0.2, 0) is 10.6 Å². The molecular weight excluding hydrogens is 306 g/mol. The Bertz CT molecular complexity index is 622. The number of ether oxygens (including phenoxy) is 1. The number of carbonyl (C=O) groups is 1. The molecule has 2 rings (SSSR count). The van der Waals surface area contributed by atoms with E-state index in [1.807, 2.05) is 30.3 Å². The van der Waals surface area contributed by atoms with Crippen molar-refractivity contribution in [3.8, 4) is 0 Å². The van der Waals surface area contributed by atoms with Crippen molar-refractivity contribution < 1.29 is 14.1 Å². The Morgan fingerprint density at radius 1 is 1.36 bits per heavy atom. The van der Waals surface area contributed by atoms with Crippen LogP contribution in [0.3, 0.4) is 0 Å². The topological polar surface area (TPSA) is 77.2 Å². The number of alkyl halides is 1. The number of nitrogens with zero attached hydrogens (tertiary/aromatic N) is 2. The van der Waals surface area contributed by atoms with Gasteiger partial charge in [-0.05, 0) is 26.3 Å². The summed E-state index contributed by atoms with van der Waals surface area (Å²) < 4.78 is 10.3. The van der Waals surface area contributed by atoms with Crippen LogP contribution in [0.2, 0.25) is 0 Å². The summed E-state index contributed by atoms with van der Waals surface area (Å²) >= 11 is 5.68. The van der Waals surface area contributed by atoms with Gasteiger partial charge in [-0.1, -0.05) is 35.5 Å². The van der Waals surface area contributed by atoms with Crippen LogP contribution in [0.5, 0.6) is 0 Å². The van der Waals surface area contributed by atoms with Gasteiger partial charge in [0.15, 0.2) is 5.82 Å². The second-order valence-corrected chi connectivity index (χ2v) is 5.94. The molecule has 118 valence electrons. The van der Waals surface area contributed by atoms with Gasteiger partial charge in [-0.25, -0.2) is 4.79 Å². The molecular formula is C15H18ClN3O3. The second kappa shape index (κ2) is 6.79. The maximum absolute atomic E-state index is 12.0. The zero-order valence-electron chi connectivity index (χ0n) is 12.7. The summed E-state index contributed by atoms with van der Waals surface area (Å²) in [5.74, 6) is 0.734. The fraction of sp³-hybridized carbons (Fsp3) is 0.400. The summed E-state index contributed by atoms with van der Waals surface area (Å²) in [6, 6.07) is 8.76. The number of rotatable bonds is 4. The van der Waals surface area contributed by atoms with Gasteiger partial charge in [0.2, 0.25) is 5.89 Å². The van der Waals surface area contributed by atoms with Crippen molar-refractivity contribution in [3.05, 3.63) is 47.6 Å². The lowest BCUT2D eigenvalue weighted by atomic mass is 10.1. The first-order chi connectivity index (χ1) is 10.4. The molecule has 6 nitrogen and oxygen atoms in total. The molecule has 1 aromatic heterocycles. The van der Waals surface area contributed by atoms with Gasteiger partial charge in [-0.2, -0.15) is 4.98 Å². The predicted octanol–water partition coefficient (Wildman–Crippen LogP) is 3.42.